The van der Waals surface area contributed by atoms with Crippen LogP contribution in [0.1, 0.15) is 47.7 Å². The zero-order valence-corrected chi connectivity index (χ0v) is 20.2. The molecule has 2 aromatic rings. The monoisotopic (exact) mass is 455 g/mol. The highest BCUT2D eigenvalue weighted by Crippen LogP contribution is 2.30. The van der Waals surface area contributed by atoms with Crippen LogP contribution >= 0.6 is 0 Å². The van der Waals surface area contributed by atoms with Gasteiger partial charge in [0.1, 0.15) is 0 Å². The van der Waals surface area contributed by atoms with E-state index in [1.54, 1.807) is 19.1 Å². The second-order valence-electron chi connectivity index (χ2n) is 9.32. The van der Waals surface area contributed by atoms with Crippen molar-refractivity contribution in [1.29, 1.82) is 0 Å². The molecule has 2 aliphatic heterocycles. The summed E-state index contributed by atoms with van der Waals surface area (Å²) >= 11 is 0. The summed E-state index contributed by atoms with van der Waals surface area (Å²) < 4.78 is 24.0. The molecule has 2 fully saturated rings. The number of likely N-dealkylation sites (tertiary alicyclic amines) is 1. The maximum absolute atomic E-state index is 12.8. The molecule has 0 radical (unpaired) electrons. The Kier molecular flexibility index (Phi) is 6.32. The third-order valence-electron chi connectivity index (χ3n) is 6.91. The van der Waals surface area contributed by atoms with Crippen LogP contribution in [-0.4, -0.2) is 57.2 Å². The Labute approximate surface area is 191 Å². The van der Waals surface area contributed by atoms with Crippen LogP contribution in [0.2, 0.25) is 0 Å². The van der Waals surface area contributed by atoms with Crippen LogP contribution in [0.15, 0.2) is 41.3 Å². The molecule has 32 heavy (non-hydrogen) atoms. The topological polar surface area (TPSA) is 69.7 Å². The van der Waals surface area contributed by atoms with Gasteiger partial charge in [0.05, 0.1) is 4.90 Å². The van der Waals surface area contributed by atoms with E-state index in [-0.39, 0.29) is 10.8 Å². The van der Waals surface area contributed by atoms with Crippen LogP contribution < -0.4 is 10.2 Å². The highest BCUT2D eigenvalue weighted by atomic mass is 32.2. The Bertz CT molecular complexity index is 1130. The standard InChI is InChI=1S/C25H33N3O3S/c1-17-7-8-20(15-24(17)32(4,30)31)25(29)26-23-10-9-21(14-18(23)2)27-13-11-22(16-27)28-12-5-6-19(28)3/h7-10,14-15,19,22H,5-6,11-13,16H2,1-4H3,(H,26,29). The molecule has 0 bridgehead atoms. The first-order valence-corrected chi connectivity index (χ1v) is 13.3. The number of anilines is 2. The van der Waals surface area contributed by atoms with Crippen LogP contribution in [0.4, 0.5) is 11.4 Å². The summed E-state index contributed by atoms with van der Waals surface area (Å²) in [5.41, 5.74) is 3.89. The lowest BCUT2D eigenvalue weighted by Gasteiger charge is -2.28. The molecule has 172 valence electrons. The Morgan fingerprint density at radius 1 is 1.03 bits per heavy atom. The fraction of sp³-hybridized carbons (Fsp3) is 0.480. The van der Waals surface area contributed by atoms with Gasteiger partial charge in [0.25, 0.3) is 5.91 Å². The lowest BCUT2D eigenvalue weighted by atomic mass is 10.1. The minimum absolute atomic E-state index is 0.188. The molecule has 0 aromatic heterocycles. The number of amides is 1. The Balaban J connectivity index is 1.46. The fourth-order valence-electron chi connectivity index (χ4n) is 5.07. The molecule has 2 aromatic carbocycles. The molecule has 2 atom stereocenters. The number of sulfone groups is 1. The van der Waals surface area contributed by atoms with E-state index in [0.717, 1.165) is 30.6 Å². The van der Waals surface area contributed by atoms with Crippen LogP contribution in [0, 0.1) is 13.8 Å². The second kappa shape index (κ2) is 8.87. The zero-order valence-electron chi connectivity index (χ0n) is 19.4. The Hall–Kier alpha value is -2.38. The lowest BCUT2D eigenvalue weighted by Crippen LogP contribution is -2.39. The first kappa shape index (κ1) is 22.8. The SMILES string of the molecule is Cc1cc(N2CCC(N3CCCC3C)C2)ccc1NC(=O)c1ccc(C)c(S(C)(=O)=O)c1. The number of nitrogens with one attached hydrogen (secondary N) is 1. The number of nitrogens with zero attached hydrogens (tertiary/aromatic N) is 2. The second-order valence-corrected chi connectivity index (χ2v) is 11.3. The van der Waals surface area contributed by atoms with Gasteiger partial charge in [-0.1, -0.05) is 6.07 Å². The summed E-state index contributed by atoms with van der Waals surface area (Å²) in [5.74, 6) is -0.310. The average molecular weight is 456 g/mol. The normalized spacial score (nSPS) is 21.8. The fourth-order valence-corrected chi connectivity index (χ4v) is 6.06. The molecule has 2 saturated heterocycles. The van der Waals surface area contributed by atoms with Gasteiger partial charge in [0.2, 0.25) is 0 Å². The van der Waals surface area contributed by atoms with Gasteiger partial charge in [-0.15, -0.1) is 0 Å². The van der Waals surface area contributed by atoms with Gasteiger partial charge >= 0.3 is 0 Å². The van der Waals surface area contributed by atoms with Crippen molar-refractivity contribution < 1.29 is 13.2 Å². The van der Waals surface area contributed by atoms with Gasteiger partial charge in [-0.25, -0.2) is 8.42 Å². The zero-order chi connectivity index (χ0) is 23.0. The first-order valence-electron chi connectivity index (χ1n) is 11.4. The number of carbonyl (C=O) groups excluding carboxylic acids is 1. The van der Waals surface area contributed by atoms with Gasteiger partial charge in [0.15, 0.2) is 9.84 Å². The van der Waals surface area contributed by atoms with E-state index in [4.69, 9.17) is 0 Å². The third kappa shape index (κ3) is 4.69. The van der Waals surface area contributed by atoms with E-state index in [9.17, 15) is 13.2 Å². The minimum atomic E-state index is -3.39. The highest BCUT2D eigenvalue weighted by molar-refractivity contribution is 7.90. The number of hydrogen-bond donors (Lipinski definition) is 1. The van der Waals surface area contributed by atoms with Gasteiger partial charge in [-0.2, -0.15) is 0 Å². The molecule has 1 N–H and O–H groups in total. The smallest absolute Gasteiger partial charge is 0.255 e. The molecule has 0 saturated carbocycles. The summed E-state index contributed by atoms with van der Waals surface area (Å²) in [6, 6.07) is 12.2. The van der Waals surface area contributed by atoms with E-state index in [0.29, 0.717) is 23.2 Å². The maximum Gasteiger partial charge on any atom is 0.255 e. The molecular weight excluding hydrogens is 422 g/mol. The quantitative estimate of drug-likeness (QED) is 0.737. The van der Waals surface area contributed by atoms with E-state index >= 15 is 0 Å². The number of benzene rings is 2. The molecule has 6 nitrogen and oxygen atoms in total. The largest absolute Gasteiger partial charge is 0.370 e. The summed E-state index contributed by atoms with van der Waals surface area (Å²) in [4.78, 5) is 18.1. The minimum Gasteiger partial charge on any atom is -0.370 e. The number of aryl methyl sites for hydroxylation is 2. The van der Waals surface area contributed by atoms with Gasteiger partial charge in [-0.3, -0.25) is 9.69 Å². The van der Waals surface area contributed by atoms with Gasteiger partial charge < -0.3 is 10.2 Å². The van der Waals surface area contributed by atoms with E-state index in [2.05, 4.69) is 34.2 Å². The summed E-state index contributed by atoms with van der Waals surface area (Å²) in [6.45, 7) is 9.37. The van der Waals surface area contributed by atoms with Crippen molar-refractivity contribution in [2.75, 3.05) is 36.1 Å². The summed E-state index contributed by atoms with van der Waals surface area (Å²) in [5, 5.41) is 2.94. The molecule has 2 unspecified atom stereocenters. The molecule has 4 rings (SSSR count). The molecule has 1 amide bonds. The van der Waals surface area contributed by atoms with Gasteiger partial charge in [0, 0.05) is 48.4 Å². The number of rotatable bonds is 5. The van der Waals surface area contributed by atoms with Crippen molar-refractivity contribution >= 4 is 27.1 Å². The lowest BCUT2D eigenvalue weighted by molar-refractivity contribution is 0.102. The van der Waals surface area contributed by atoms with Crippen molar-refractivity contribution in [3.63, 3.8) is 0 Å². The van der Waals surface area contributed by atoms with Crippen molar-refractivity contribution in [3.8, 4) is 0 Å². The highest BCUT2D eigenvalue weighted by Gasteiger charge is 2.33. The van der Waals surface area contributed by atoms with Gasteiger partial charge in [-0.05, 0) is 88.0 Å². The van der Waals surface area contributed by atoms with Crippen molar-refractivity contribution in [2.45, 2.75) is 57.0 Å². The van der Waals surface area contributed by atoms with Crippen LogP contribution in [0.25, 0.3) is 0 Å². The molecule has 2 heterocycles. The predicted octanol–water partition coefficient (Wildman–Crippen LogP) is 4.02. The first-order chi connectivity index (χ1) is 15.1. The summed E-state index contributed by atoms with van der Waals surface area (Å²) in [7, 11) is -3.39. The number of carbonyl (C=O) groups is 1. The van der Waals surface area contributed by atoms with Crippen LogP contribution in [-0.2, 0) is 9.84 Å². The van der Waals surface area contributed by atoms with E-state index in [1.165, 1.54) is 37.6 Å². The van der Waals surface area contributed by atoms with Crippen molar-refractivity contribution in [2.24, 2.45) is 0 Å². The Morgan fingerprint density at radius 2 is 1.81 bits per heavy atom. The molecule has 2 aliphatic rings. The van der Waals surface area contributed by atoms with Crippen LogP contribution in [0.5, 0.6) is 0 Å². The third-order valence-corrected chi connectivity index (χ3v) is 8.15. The van der Waals surface area contributed by atoms with Crippen LogP contribution in [0.3, 0.4) is 0 Å². The van der Waals surface area contributed by atoms with Crippen molar-refractivity contribution in [3.05, 3.63) is 53.1 Å². The Morgan fingerprint density at radius 3 is 2.47 bits per heavy atom. The van der Waals surface area contributed by atoms with E-state index in [1.807, 2.05) is 13.0 Å². The predicted molar refractivity (Wildman–Crippen MR) is 129 cm³/mol. The molecule has 0 spiro atoms. The summed E-state index contributed by atoms with van der Waals surface area (Å²) in [6.07, 6.45) is 4.96. The molecule has 0 aliphatic carbocycles. The molecular formula is C25H33N3O3S. The molecule has 7 heteroatoms. The average Bonchev–Trinajstić information content (AvgIpc) is 3.37. The van der Waals surface area contributed by atoms with Crippen molar-refractivity contribution in [1.82, 2.24) is 4.90 Å². The van der Waals surface area contributed by atoms with E-state index < -0.39 is 9.84 Å². The maximum atomic E-state index is 12.8. The number of hydrogen-bond acceptors (Lipinski definition) is 5.